The first-order valence-corrected chi connectivity index (χ1v) is 3.23. The summed E-state index contributed by atoms with van der Waals surface area (Å²) in [6.07, 6.45) is 3.47. The minimum atomic E-state index is -0.388. The van der Waals surface area contributed by atoms with E-state index in [2.05, 4.69) is 0 Å². The molecule has 2 heteroatoms. The molecule has 0 fully saturated rings. The number of aliphatic hydroxyl groups excluding tert-OH is 1. The first-order valence-electron chi connectivity index (χ1n) is 3.23. The van der Waals surface area contributed by atoms with E-state index in [1.807, 2.05) is 26.0 Å². The highest BCUT2D eigenvalue weighted by Crippen LogP contribution is 2.02. The topological polar surface area (TPSA) is 46.2 Å². The van der Waals surface area contributed by atoms with Crippen LogP contribution in [-0.2, 0) is 0 Å². The monoisotopic (exact) mass is 129 g/mol. The molecular formula is C7H15NO. The lowest BCUT2D eigenvalue weighted by Gasteiger charge is -2.11. The highest BCUT2D eigenvalue weighted by molar-refractivity contribution is 4.87. The first kappa shape index (κ1) is 8.66. The Balaban J connectivity index is 3.58. The lowest BCUT2D eigenvalue weighted by molar-refractivity contribution is 0.146. The third-order valence-corrected chi connectivity index (χ3v) is 1.34. The van der Waals surface area contributed by atoms with Gasteiger partial charge in [-0.05, 0) is 6.92 Å². The number of nitrogens with two attached hydrogens (primary N) is 1. The van der Waals surface area contributed by atoms with Crippen molar-refractivity contribution in [2.75, 3.05) is 6.54 Å². The number of hydrogen-bond donors (Lipinski definition) is 2. The summed E-state index contributed by atoms with van der Waals surface area (Å²) in [5.41, 5.74) is 5.22. The van der Waals surface area contributed by atoms with Crippen molar-refractivity contribution in [1.29, 1.82) is 0 Å². The Labute approximate surface area is 56.4 Å². The van der Waals surface area contributed by atoms with E-state index in [1.54, 1.807) is 0 Å². The van der Waals surface area contributed by atoms with Gasteiger partial charge in [0, 0.05) is 12.5 Å². The summed E-state index contributed by atoms with van der Waals surface area (Å²) in [5.74, 6) is 0.181. The fraction of sp³-hybridized carbons (Fsp3) is 0.714. The normalized spacial score (nSPS) is 18.2. The fourth-order valence-corrected chi connectivity index (χ4v) is 0.646. The van der Waals surface area contributed by atoms with Gasteiger partial charge in [0.05, 0.1) is 6.10 Å². The van der Waals surface area contributed by atoms with Gasteiger partial charge in [0.25, 0.3) is 0 Å². The maximum atomic E-state index is 9.08. The quantitative estimate of drug-likeness (QED) is 0.546. The maximum absolute atomic E-state index is 9.08. The minimum absolute atomic E-state index is 0.181. The SMILES string of the molecule is CC=CC(C)C(O)CN. The molecule has 0 heterocycles. The summed E-state index contributed by atoms with van der Waals surface area (Å²) in [6, 6.07) is 0. The molecule has 0 rings (SSSR count). The Kier molecular flexibility index (Phi) is 4.36. The molecule has 0 aliphatic heterocycles. The molecule has 0 aliphatic rings. The molecule has 0 bridgehead atoms. The molecule has 2 nitrogen and oxygen atoms in total. The van der Waals surface area contributed by atoms with E-state index in [4.69, 9.17) is 10.8 Å². The van der Waals surface area contributed by atoms with Crippen molar-refractivity contribution in [2.24, 2.45) is 11.7 Å². The highest BCUT2D eigenvalue weighted by atomic mass is 16.3. The Morgan fingerprint density at radius 2 is 2.22 bits per heavy atom. The Hall–Kier alpha value is -0.340. The number of allylic oxidation sites excluding steroid dienone is 1. The summed E-state index contributed by atoms with van der Waals surface area (Å²) in [6.45, 7) is 4.21. The van der Waals surface area contributed by atoms with Crippen LogP contribution in [0.4, 0.5) is 0 Å². The van der Waals surface area contributed by atoms with Crippen molar-refractivity contribution in [3.05, 3.63) is 12.2 Å². The molecule has 0 radical (unpaired) electrons. The van der Waals surface area contributed by atoms with Crippen LogP contribution in [0.3, 0.4) is 0 Å². The molecule has 3 N–H and O–H groups in total. The molecule has 2 atom stereocenters. The second-order valence-electron chi connectivity index (χ2n) is 2.19. The molecular weight excluding hydrogens is 114 g/mol. The van der Waals surface area contributed by atoms with Crippen LogP contribution >= 0.6 is 0 Å². The molecule has 9 heavy (non-hydrogen) atoms. The predicted octanol–water partition coefficient (Wildman–Crippen LogP) is 0.518. The molecule has 0 aromatic carbocycles. The van der Waals surface area contributed by atoms with Gasteiger partial charge in [0.1, 0.15) is 0 Å². The van der Waals surface area contributed by atoms with Gasteiger partial charge in [-0.2, -0.15) is 0 Å². The van der Waals surface area contributed by atoms with Gasteiger partial charge in [-0.25, -0.2) is 0 Å². The molecule has 0 spiro atoms. The van der Waals surface area contributed by atoms with E-state index in [-0.39, 0.29) is 12.0 Å². The van der Waals surface area contributed by atoms with Crippen LogP contribution in [0.1, 0.15) is 13.8 Å². The molecule has 0 aromatic heterocycles. The number of aliphatic hydroxyl groups is 1. The van der Waals surface area contributed by atoms with E-state index in [0.717, 1.165) is 0 Å². The predicted molar refractivity (Wildman–Crippen MR) is 39.0 cm³/mol. The van der Waals surface area contributed by atoms with Gasteiger partial charge in [0.15, 0.2) is 0 Å². The summed E-state index contributed by atoms with van der Waals surface area (Å²) in [4.78, 5) is 0. The second-order valence-corrected chi connectivity index (χ2v) is 2.19. The average molecular weight is 129 g/mol. The standard InChI is InChI=1S/C7H15NO/c1-3-4-6(2)7(9)5-8/h3-4,6-7,9H,5,8H2,1-2H3. The van der Waals surface area contributed by atoms with Crippen molar-refractivity contribution in [1.82, 2.24) is 0 Å². The molecule has 0 saturated heterocycles. The summed E-state index contributed by atoms with van der Waals surface area (Å²) >= 11 is 0. The number of hydrogen-bond acceptors (Lipinski definition) is 2. The van der Waals surface area contributed by atoms with Crippen molar-refractivity contribution in [2.45, 2.75) is 20.0 Å². The van der Waals surface area contributed by atoms with E-state index >= 15 is 0 Å². The van der Waals surface area contributed by atoms with Crippen molar-refractivity contribution >= 4 is 0 Å². The highest BCUT2D eigenvalue weighted by Gasteiger charge is 2.06. The van der Waals surface area contributed by atoms with Crippen LogP contribution in [-0.4, -0.2) is 17.8 Å². The van der Waals surface area contributed by atoms with Crippen LogP contribution < -0.4 is 5.73 Å². The summed E-state index contributed by atoms with van der Waals surface area (Å²) in [7, 11) is 0. The van der Waals surface area contributed by atoms with E-state index < -0.39 is 0 Å². The molecule has 0 saturated carbocycles. The van der Waals surface area contributed by atoms with Crippen LogP contribution in [0.25, 0.3) is 0 Å². The zero-order valence-corrected chi connectivity index (χ0v) is 6.04. The largest absolute Gasteiger partial charge is 0.391 e. The Morgan fingerprint density at radius 3 is 2.56 bits per heavy atom. The van der Waals surface area contributed by atoms with Gasteiger partial charge in [0.2, 0.25) is 0 Å². The summed E-state index contributed by atoms with van der Waals surface area (Å²) in [5, 5.41) is 9.08. The van der Waals surface area contributed by atoms with E-state index in [1.165, 1.54) is 0 Å². The summed E-state index contributed by atoms with van der Waals surface area (Å²) < 4.78 is 0. The van der Waals surface area contributed by atoms with Crippen LogP contribution in [0.5, 0.6) is 0 Å². The van der Waals surface area contributed by atoms with Gasteiger partial charge >= 0.3 is 0 Å². The van der Waals surface area contributed by atoms with Gasteiger partial charge < -0.3 is 10.8 Å². The third kappa shape index (κ3) is 3.27. The molecule has 2 unspecified atom stereocenters. The third-order valence-electron chi connectivity index (χ3n) is 1.34. The van der Waals surface area contributed by atoms with Gasteiger partial charge in [-0.15, -0.1) is 0 Å². The van der Waals surface area contributed by atoms with Gasteiger partial charge in [-0.1, -0.05) is 19.1 Å². The lowest BCUT2D eigenvalue weighted by Crippen LogP contribution is -2.25. The van der Waals surface area contributed by atoms with Crippen LogP contribution in [0, 0.1) is 5.92 Å². The molecule has 0 aromatic rings. The van der Waals surface area contributed by atoms with E-state index in [9.17, 15) is 0 Å². The van der Waals surface area contributed by atoms with E-state index in [0.29, 0.717) is 6.54 Å². The fourth-order valence-electron chi connectivity index (χ4n) is 0.646. The van der Waals surface area contributed by atoms with Crippen LogP contribution in [0.2, 0.25) is 0 Å². The average Bonchev–Trinajstić information content (AvgIpc) is 1.87. The molecule has 54 valence electrons. The van der Waals surface area contributed by atoms with Crippen molar-refractivity contribution < 1.29 is 5.11 Å². The minimum Gasteiger partial charge on any atom is -0.391 e. The zero-order valence-electron chi connectivity index (χ0n) is 6.04. The molecule has 0 amide bonds. The first-order chi connectivity index (χ1) is 4.22. The van der Waals surface area contributed by atoms with Crippen molar-refractivity contribution in [3.63, 3.8) is 0 Å². The smallest absolute Gasteiger partial charge is 0.0722 e. The van der Waals surface area contributed by atoms with Crippen LogP contribution in [0.15, 0.2) is 12.2 Å². The maximum Gasteiger partial charge on any atom is 0.0722 e. The zero-order chi connectivity index (χ0) is 7.28. The van der Waals surface area contributed by atoms with Crippen molar-refractivity contribution in [3.8, 4) is 0 Å². The number of rotatable bonds is 3. The Morgan fingerprint density at radius 1 is 1.67 bits per heavy atom. The molecule has 0 aliphatic carbocycles. The lowest BCUT2D eigenvalue weighted by atomic mass is 10.1. The Bertz CT molecular complexity index is 90.9. The second kappa shape index (κ2) is 4.53. The van der Waals surface area contributed by atoms with Gasteiger partial charge in [-0.3, -0.25) is 0 Å².